The van der Waals surface area contributed by atoms with Crippen LogP contribution in [0.25, 0.3) is 0 Å². The highest BCUT2D eigenvalue weighted by molar-refractivity contribution is 7.90. The number of morpholine rings is 1. The fourth-order valence-corrected chi connectivity index (χ4v) is 6.61. The van der Waals surface area contributed by atoms with Crippen LogP contribution >= 0.6 is 0 Å². The lowest BCUT2D eigenvalue weighted by Gasteiger charge is -2.37. The number of ether oxygens (including phenoxy) is 1. The average Bonchev–Trinajstić information content (AvgIpc) is 3.20. The average molecular weight is 828 g/mol. The number of benzene rings is 3. The maximum Gasteiger partial charge on any atom is 0.490 e. The Balaban J connectivity index is 0.000000257. The molecular weight excluding hydrogens is 791 g/mol. The highest BCUT2D eigenvalue weighted by Gasteiger charge is 2.38. The number of amides is 1. The first-order valence-corrected chi connectivity index (χ1v) is 19.0. The molecule has 6 rings (SSSR count). The zero-order valence-electron chi connectivity index (χ0n) is 30.3. The molecule has 0 bridgehead atoms. The molecule has 0 aromatic heterocycles. The predicted octanol–water partition coefficient (Wildman–Crippen LogP) is 3.92. The Hall–Kier alpha value is -5.64. The molecule has 3 aromatic carbocycles. The molecule has 13 nitrogen and oxygen atoms in total. The highest BCUT2D eigenvalue weighted by atomic mass is 32.2. The molecule has 3 aromatic rings. The lowest BCUT2D eigenvalue weighted by atomic mass is 10.1. The molecule has 1 amide bonds. The summed E-state index contributed by atoms with van der Waals surface area (Å²) in [5.74, 6) is -7.34. The summed E-state index contributed by atoms with van der Waals surface area (Å²) in [4.78, 5) is 29.4. The third kappa shape index (κ3) is 11.0. The van der Waals surface area contributed by atoms with Crippen LogP contribution in [-0.2, 0) is 19.4 Å². The van der Waals surface area contributed by atoms with Crippen LogP contribution in [0.2, 0.25) is 0 Å². The van der Waals surface area contributed by atoms with E-state index in [9.17, 15) is 43.9 Å². The number of sulfone groups is 1. The van der Waals surface area contributed by atoms with Gasteiger partial charge in [0.15, 0.2) is 33.1 Å². The lowest BCUT2D eigenvalue weighted by molar-refractivity contribution is -0.192. The van der Waals surface area contributed by atoms with Gasteiger partial charge in [-0.1, -0.05) is 0 Å². The van der Waals surface area contributed by atoms with Crippen molar-refractivity contribution in [1.82, 2.24) is 10.2 Å². The Morgan fingerprint density at radius 1 is 0.719 bits per heavy atom. The Bertz CT molecular complexity index is 2140. The molecule has 0 unspecified atom stereocenters. The second-order valence-corrected chi connectivity index (χ2v) is 14.6. The van der Waals surface area contributed by atoms with Gasteiger partial charge in [-0.25, -0.2) is 30.8 Å². The molecule has 3 fully saturated rings. The fraction of sp³-hybridized carbons (Fsp3) is 0.389. The molecule has 21 heteroatoms. The number of aliphatic carboxylic acids is 1. The van der Waals surface area contributed by atoms with E-state index in [1.54, 1.807) is 32.9 Å². The smallest absolute Gasteiger partial charge is 0.475 e. The summed E-state index contributed by atoms with van der Waals surface area (Å²) < 4.78 is 117. The van der Waals surface area contributed by atoms with Gasteiger partial charge >= 0.3 is 12.1 Å². The molecule has 57 heavy (non-hydrogen) atoms. The highest BCUT2D eigenvalue weighted by Crippen LogP contribution is 2.29. The number of hydrogen-bond donors (Lipinski definition) is 2. The van der Waals surface area contributed by atoms with Crippen LogP contribution in [0.5, 0.6) is 0 Å². The Morgan fingerprint density at radius 3 is 1.60 bits per heavy atom. The van der Waals surface area contributed by atoms with Crippen molar-refractivity contribution < 1.29 is 58.6 Å². The first-order valence-electron chi connectivity index (χ1n) is 17.1. The van der Waals surface area contributed by atoms with Crippen LogP contribution in [0.1, 0.15) is 21.5 Å². The number of carboxylic acid groups (broad SMARTS) is 1. The van der Waals surface area contributed by atoms with E-state index in [1.165, 1.54) is 36.4 Å². The van der Waals surface area contributed by atoms with Gasteiger partial charge in [0.25, 0.3) is 5.91 Å². The topological polar surface area (TPSA) is 170 Å². The van der Waals surface area contributed by atoms with Crippen molar-refractivity contribution in [2.75, 3.05) is 99.6 Å². The number of carboxylic acids is 1. The summed E-state index contributed by atoms with van der Waals surface area (Å²) in [7, 11) is -3.52. The minimum absolute atomic E-state index is 0.0386. The van der Waals surface area contributed by atoms with Crippen LogP contribution in [0.4, 0.5) is 47.8 Å². The largest absolute Gasteiger partial charge is 0.490 e. The van der Waals surface area contributed by atoms with E-state index in [4.69, 9.17) is 25.2 Å². The van der Waals surface area contributed by atoms with Crippen molar-refractivity contribution in [3.63, 3.8) is 0 Å². The first kappa shape index (κ1) is 44.1. The van der Waals surface area contributed by atoms with Crippen molar-refractivity contribution >= 4 is 38.8 Å². The van der Waals surface area contributed by atoms with Gasteiger partial charge in [0, 0.05) is 77.4 Å². The number of nitriles is 2. The van der Waals surface area contributed by atoms with Crippen LogP contribution in [0.3, 0.4) is 0 Å². The number of carbonyl (C=O) groups excluding carboxylic acids is 1. The van der Waals surface area contributed by atoms with Gasteiger partial charge in [-0.15, -0.1) is 0 Å². The number of carbonyl (C=O) groups is 2. The molecule has 3 aliphatic heterocycles. The van der Waals surface area contributed by atoms with Gasteiger partial charge in [0.1, 0.15) is 12.1 Å². The Labute approximate surface area is 322 Å². The minimum Gasteiger partial charge on any atom is -0.475 e. The van der Waals surface area contributed by atoms with Crippen LogP contribution in [-0.4, -0.2) is 121 Å². The minimum atomic E-state index is -5.08. The second-order valence-electron chi connectivity index (χ2n) is 12.6. The molecule has 3 saturated heterocycles. The van der Waals surface area contributed by atoms with E-state index in [-0.39, 0.29) is 65.0 Å². The van der Waals surface area contributed by atoms with Crippen LogP contribution in [0, 0.1) is 45.9 Å². The zero-order chi connectivity index (χ0) is 42.1. The maximum atomic E-state index is 14.4. The van der Waals surface area contributed by atoms with Gasteiger partial charge in [-0.05, 0) is 42.5 Å². The first-order chi connectivity index (χ1) is 26.9. The lowest BCUT2D eigenvalue weighted by Crippen LogP contribution is -2.49. The summed E-state index contributed by atoms with van der Waals surface area (Å²) in [5, 5.41) is 27.7. The molecule has 0 radical (unpaired) electrons. The Morgan fingerprint density at radius 2 is 1.16 bits per heavy atom. The summed E-state index contributed by atoms with van der Waals surface area (Å²) in [6, 6.07) is 13.2. The molecule has 0 atom stereocenters. The molecule has 2 N–H and O–H groups in total. The van der Waals surface area contributed by atoms with E-state index >= 15 is 0 Å². The summed E-state index contributed by atoms with van der Waals surface area (Å²) >= 11 is 0. The van der Waals surface area contributed by atoms with Gasteiger partial charge in [-0.2, -0.15) is 23.7 Å². The Kier molecular flexibility index (Phi) is 14.7. The molecule has 3 heterocycles. The third-order valence-corrected chi connectivity index (χ3v) is 10.1. The van der Waals surface area contributed by atoms with Crippen molar-refractivity contribution in [3.8, 4) is 12.1 Å². The number of hydrogen-bond acceptors (Lipinski definition) is 11. The van der Waals surface area contributed by atoms with Gasteiger partial charge in [0.05, 0.1) is 46.2 Å². The molecule has 0 spiro atoms. The van der Waals surface area contributed by atoms with Crippen molar-refractivity contribution in [2.24, 2.45) is 0 Å². The summed E-state index contributed by atoms with van der Waals surface area (Å²) in [5.41, 5.74) is 0.583. The number of nitrogens with one attached hydrogen (secondary N) is 1. The second kappa shape index (κ2) is 19.0. The molecule has 0 aliphatic carbocycles. The fourth-order valence-electron chi connectivity index (χ4n) is 5.96. The van der Waals surface area contributed by atoms with E-state index in [0.717, 1.165) is 19.3 Å². The summed E-state index contributed by atoms with van der Waals surface area (Å²) in [6.45, 7) is 5.95. The van der Waals surface area contributed by atoms with Crippen molar-refractivity contribution in [2.45, 2.75) is 11.1 Å². The van der Waals surface area contributed by atoms with Gasteiger partial charge < -0.3 is 34.8 Å². The van der Waals surface area contributed by atoms with E-state index in [0.29, 0.717) is 45.1 Å². The van der Waals surface area contributed by atoms with Crippen LogP contribution < -0.4 is 20.0 Å². The van der Waals surface area contributed by atoms with Crippen LogP contribution in [0.15, 0.2) is 47.4 Å². The van der Waals surface area contributed by atoms with Crippen molar-refractivity contribution in [1.29, 1.82) is 10.5 Å². The summed E-state index contributed by atoms with van der Waals surface area (Å²) in [6.07, 6.45) is -3.99. The normalized spacial score (nSPS) is 16.0. The maximum absolute atomic E-state index is 14.4. The monoisotopic (exact) mass is 827 g/mol. The van der Waals surface area contributed by atoms with E-state index < -0.39 is 45.3 Å². The SMILES string of the molecule is CS(=O)(=O)c1ccc(N2CCOCC2)c(C(=O)N2CCN(c3ccc(C#N)c(F)c3F)CC2)c1.N#Cc1ccc(N2CCNCC2)c(F)c1F.O=C(O)C(F)(F)F. The predicted molar refractivity (Wildman–Crippen MR) is 192 cm³/mol. The van der Waals surface area contributed by atoms with Gasteiger partial charge in [0.2, 0.25) is 0 Å². The quantitative estimate of drug-likeness (QED) is 0.356. The van der Waals surface area contributed by atoms with E-state index in [2.05, 4.69) is 5.32 Å². The number of nitrogens with zero attached hydrogens (tertiary/aromatic N) is 6. The molecule has 3 aliphatic rings. The number of halogens is 7. The number of piperazine rings is 2. The third-order valence-electron chi connectivity index (χ3n) is 8.95. The molecule has 0 saturated carbocycles. The number of alkyl halides is 3. The van der Waals surface area contributed by atoms with Crippen molar-refractivity contribution in [3.05, 3.63) is 82.4 Å². The van der Waals surface area contributed by atoms with E-state index in [1.807, 2.05) is 4.90 Å². The number of anilines is 3. The van der Waals surface area contributed by atoms with Gasteiger partial charge in [-0.3, -0.25) is 4.79 Å². The standard InChI is InChI=1S/C23H24F2N4O4S.C11H11F2N3.C2HF3O2/c1-34(31,32)17-3-5-19(28-10-12-33-13-11-28)18(14-17)23(30)29-8-6-27(7-9-29)20-4-2-16(15-26)21(24)22(20)25;12-10-8(7-14)1-2-9(11(10)13)16-5-3-15-4-6-16;3-2(4,5)1(6)7/h2-5,14H,6-13H2,1H3;1-2,15H,3-6H2;(H,6,7). The number of rotatable bonds is 5. The molecular formula is C36H36F7N7O6S. The zero-order valence-corrected chi connectivity index (χ0v) is 31.1. The molecule has 306 valence electrons.